The fraction of sp³-hybridized carbons (Fsp3) is 0.774. The van der Waals surface area contributed by atoms with Crippen molar-refractivity contribution in [2.45, 2.75) is 142 Å². The summed E-state index contributed by atoms with van der Waals surface area (Å²) in [5, 5.41) is 1.46. The molecule has 0 saturated carbocycles. The van der Waals surface area contributed by atoms with E-state index in [4.69, 9.17) is 0 Å². The predicted octanol–water partition coefficient (Wildman–Crippen LogP) is 8.71. The first-order valence-electron chi connectivity index (χ1n) is 15.1. The molecule has 2 rings (SSSR count). The number of carbonyl (C=O) groups is 1. The maximum Gasteiger partial charge on any atom is 0.368 e. The summed E-state index contributed by atoms with van der Waals surface area (Å²) >= 11 is 0. The Kier molecular flexibility index (Phi) is 16.4. The highest BCUT2D eigenvalue weighted by Crippen LogP contribution is 2.17. The number of fused-ring (bicyclic) bond motifs is 1. The van der Waals surface area contributed by atoms with Crippen molar-refractivity contribution in [3.8, 4) is 0 Å². The summed E-state index contributed by atoms with van der Waals surface area (Å²) < 4.78 is 0. The molecule has 0 aliphatic carbocycles. The molecule has 0 unspecified atom stereocenters. The van der Waals surface area contributed by atoms with Gasteiger partial charge in [-0.25, -0.2) is 4.79 Å². The minimum absolute atomic E-state index is 0.368. The molecule has 0 aromatic heterocycles. The number of rotatable bonds is 23. The zero-order valence-corrected chi connectivity index (χ0v) is 23.0. The highest BCUT2D eigenvalue weighted by Gasteiger charge is 2.10. The van der Waals surface area contributed by atoms with Gasteiger partial charge >= 0.3 is 6.03 Å². The minimum Gasteiger partial charge on any atom is -0.371 e. The molecular weight excluding hydrogens is 430 g/mol. The monoisotopic (exact) mass is 483 g/mol. The SMILES string of the molecule is CCCCCCCCCCCCN(CCCCCCCCCCCC)c1ccc2c(c1)=NC(=O)N=2. The van der Waals surface area contributed by atoms with Crippen LogP contribution in [-0.2, 0) is 0 Å². The quantitative estimate of drug-likeness (QED) is 0.146. The number of hydrogen-bond donors (Lipinski definition) is 0. The maximum absolute atomic E-state index is 11.6. The van der Waals surface area contributed by atoms with E-state index in [1.165, 1.54) is 134 Å². The van der Waals surface area contributed by atoms with E-state index in [-0.39, 0.29) is 6.03 Å². The lowest BCUT2D eigenvalue weighted by Crippen LogP contribution is -2.29. The van der Waals surface area contributed by atoms with Crippen LogP contribution in [0.2, 0.25) is 0 Å². The Bertz CT molecular complexity index is 780. The summed E-state index contributed by atoms with van der Waals surface area (Å²) in [6.45, 7) is 6.76. The molecule has 198 valence electrons. The number of carbonyl (C=O) groups excluding carboxylic acids is 1. The number of anilines is 1. The predicted molar refractivity (Wildman–Crippen MR) is 150 cm³/mol. The highest BCUT2D eigenvalue weighted by molar-refractivity contribution is 5.77. The zero-order valence-electron chi connectivity index (χ0n) is 23.0. The summed E-state index contributed by atoms with van der Waals surface area (Å²) in [7, 11) is 0. The van der Waals surface area contributed by atoms with Gasteiger partial charge in [0, 0.05) is 18.8 Å². The van der Waals surface area contributed by atoms with Gasteiger partial charge in [-0.15, -0.1) is 0 Å². The normalized spacial score (nSPS) is 12.5. The van der Waals surface area contributed by atoms with Crippen LogP contribution < -0.4 is 15.6 Å². The van der Waals surface area contributed by atoms with Crippen molar-refractivity contribution in [3.05, 3.63) is 28.9 Å². The molecule has 1 heterocycles. The van der Waals surface area contributed by atoms with E-state index < -0.39 is 0 Å². The van der Waals surface area contributed by atoms with Crippen molar-refractivity contribution in [2.75, 3.05) is 18.0 Å². The molecule has 1 aliphatic rings. The Morgan fingerprint density at radius 2 is 0.943 bits per heavy atom. The van der Waals surface area contributed by atoms with Crippen LogP contribution in [0, 0.1) is 0 Å². The van der Waals surface area contributed by atoms with Crippen molar-refractivity contribution in [2.24, 2.45) is 9.98 Å². The van der Waals surface area contributed by atoms with E-state index in [0.29, 0.717) is 0 Å². The summed E-state index contributed by atoms with van der Waals surface area (Å²) in [6, 6.07) is 5.79. The van der Waals surface area contributed by atoms with Crippen LogP contribution in [0.3, 0.4) is 0 Å². The number of urea groups is 1. The molecule has 0 radical (unpaired) electrons. The van der Waals surface area contributed by atoms with Crippen LogP contribution in [0.5, 0.6) is 0 Å². The second kappa shape index (κ2) is 19.5. The number of unbranched alkanes of at least 4 members (excludes halogenated alkanes) is 18. The first-order chi connectivity index (χ1) is 17.2. The summed E-state index contributed by atoms with van der Waals surface area (Å²) in [4.78, 5) is 22.2. The minimum atomic E-state index is -0.368. The first kappa shape index (κ1) is 29.5. The summed E-state index contributed by atoms with van der Waals surface area (Å²) in [5.74, 6) is 0. The molecule has 0 spiro atoms. The highest BCUT2D eigenvalue weighted by atomic mass is 16.2. The first-order valence-corrected chi connectivity index (χ1v) is 15.1. The molecule has 1 aromatic rings. The largest absolute Gasteiger partial charge is 0.371 e. The molecule has 0 bridgehead atoms. The third-order valence-electron chi connectivity index (χ3n) is 7.32. The average molecular weight is 484 g/mol. The number of hydrogen-bond acceptors (Lipinski definition) is 2. The lowest BCUT2D eigenvalue weighted by Gasteiger charge is -2.25. The number of nitrogens with zero attached hydrogens (tertiary/aromatic N) is 3. The lowest BCUT2D eigenvalue weighted by atomic mass is 10.1. The molecular formula is C31H53N3O. The molecule has 2 amide bonds. The molecule has 0 saturated heterocycles. The molecule has 0 N–H and O–H groups in total. The van der Waals surface area contributed by atoms with E-state index >= 15 is 0 Å². The second-order valence-corrected chi connectivity index (χ2v) is 10.5. The van der Waals surface area contributed by atoms with E-state index in [1.807, 2.05) is 6.07 Å². The average Bonchev–Trinajstić information content (AvgIpc) is 3.24. The topological polar surface area (TPSA) is 45.0 Å². The Morgan fingerprint density at radius 3 is 1.40 bits per heavy atom. The fourth-order valence-corrected chi connectivity index (χ4v) is 5.07. The van der Waals surface area contributed by atoms with E-state index in [0.717, 1.165) is 23.8 Å². The van der Waals surface area contributed by atoms with Crippen molar-refractivity contribution in [1.82, 2.24) is 0 Å². The molecule has 4 heteroatoms. The van der Waals surface area contributed by atoms with Gasteiger partial charge in [-0.1, -0.05) is 129 Å². The second-order valence-electron chi connectivity index (χ2n) is 10.5. The third kappa shape index (κ3) is 13.2. The van der Waals surface area contributed by atoms with Crippen LogP contribution in [0.1, 0.15) is 142 Å². The van der Waals surface area contributed by atoms with Crippen molar-refractivity contribution < 1.29 is 4.79 Å². The van der Waals surface area contributed by atoms with Crippen molar-refractivity contribution >= 4 is 11.7 Å². The van der Waals surface area contributed by atoms with Crippen molar-refractivity contribution in [1.29, 1.82) is 0 Å². The third-order valence-corrected chi connectivity index (χ3v) is 7.32. The van der Waals surface area contributed by atoms with Crippen LogP contribution >= 0.6 is 0 Å². The van der Waals surface area contributed by atoms with Gasteiger partial charge in [0.05, 0.1) is 10.7 Å². The smallest absolute Gasteiger partial charge is 0.368 e. The molecule has 4 nitrogen and oxygen atoms in total. The summed E-state index contributed by atoms with van der Waals surface area (Å²) in [6.07, 6.45) is 27.3. The van der Waals surface area contributed by atoms with Gasteiger partial charge in [-0.05, 0) is 31.0 Å². The van der Waals surface area contributed by atoms with Gasteiger partial charge in [0.2, 0.25) is 0 Å². The van der Waals surface area contributed by atoms with E-state index in [2.05, 4.69) is 40.9 Å². The van der Waals surface area contributed by atoms with Gasteiger partial charge in [0.15, 0.2) is 0 Å². The maximum atomic E-state index is 11.6. The molecule has 1 aromatic carbocycles. The standard InChI is InChI=1S/C31H53N3O/c1-3-5-7-9-11-13-15-17-19-21-25-34(26-22-20-18-16-14-12-10-8-6-4-2)28-23-24-29-30(27-28)33-31(35)32-29/h23-24,27H,3-22,25-26H2,1-2H3. The Balaban J connectivity index is 1.69. The molecule has 1 aliphatic heterocycles. The Morgan fingerprint density at radius 1 is 0.543 bits per heavy atom. The number of amides is 2. The van der Waals surface area contributed by atoms with Crippen molar-refractivity contribution in [3.63, 3.8) is 0 Å². The van der Waals surface area contributed by atoms with E-state index in [1.54, 1.807) is 0 Å². The van der Waals surface area contributed by atoms with Crippen LogP contribution in [0.4, 0.5) is 10.5 Å². The van der Waals surface area contributed by atoms with Crippen LogP contribution in [0.25, 0.3) is 0 Å². The van der Waals surface area contributed by atoms with Gasteiger partial charge in [-0.3, -0.25) is 0 Å². The molecule has 0 atom stereocenters. The Labute approximate surface area is 215 Å². The van der Waals surface area contributed by atoms with Gasteiger partial charge in [0.1, 0.15) is 0 Å². The molecule has 35 heavy (non-hydrogen) atoms. The summed E-state index contributed by atoms with van der Waals surface area (Å²) in [5.41, 5.74) is 1.20. The zero-order chi connectivity index (χ0) is 25.0. The van der Waals surface area contributed by atoms with Crippen LogP contribution in [-0.4, -0.2) is 19.1 Å². The van der Waals surface area contributed by atoms with Gasteiger partial charge in [0.25, 0.3) is 0 Å². The molecule has 0 fully saturated rings. The lowest BCUT2D eigenvalue weighted by molar-refractivity contribution is 0.256. The van der Waals surface area contributed by atoms with Crippen LogP contribution in [0.15, 0.2) is 28.2 Å². The fourth-order valence-electron chi connectivity index (χ4n) is 5.07. The number of benzene rings is 1. The van der Waals surface area contributed by atoms with Gasteiger partial charge < -0.3 is 4.90 Å². The van der Waals surface area contributed by atoms with E-state index in [9.17, 15) is 4.79 Å². The Hall–Kier alpha value is -1.71. The van der Waals surface area contributed by atoms with Gasteiger partial charge in [-0.2, -0.15) is 9.98 Å².